The standard InChI is InChI=1S/C7H7F.C6H5F.C4H6O6.C4H8O3/c1-6-2-4-7(8)5-3-6;7-6-4-2-1-3-5-6;5-3(6)9-1-2-10-4(7)8;1-3-7-4(5)6-2/h2-5H,1H3;1-5H;1-2H2,(H,5,6)(H,7,8);3H2,1-2H3. The van der Waals surface area contributed by atoms with Crippen LogP contribution < -0.4 is 0 Å². The van der Waals surface area contributed by atoms with Crippen molar-refractivity contribution in [2.75, 3.05) is 26.9 Å². The van der Waals surface area contributed by atoms with Crippen LogP contribution in [0.15, 0.2) is 54.6 Å². The molecule has 0 fully saturated rings. The Bertz CT molecular complexity index is 717. The van der Waals surface area contributed by atoms with Gasteiger partial charge in [0, 0.05) is 0 Å². The van der Waals surface area contributed by atoms with Crippen molar-refractivity contribution in [3.8, 4) is 0 Å². The Hall–Kier alpha value is -3.89. The molecule has 0 saturated heterocycles. The number of carbonyl (C=O) groups is 3. The first-order chi connectivity index (χ1) is 15.1. The molecular weight excluding hydrogens is 434 g/mol. The fraction of sp³-hybridized carbons (Fsp3) is 0.286. The molecule has 2 rings (SSSR count). The summed E-state index contributed by atoms with van der Waals surface area (Å²) < 4.78 is 40.3. The Labute approximate surface area is 184 Å². The lowest BCUT2D eigenvalue weighted by atomic mass is 10.2. The highest BCUT2D eigenvalue weighted by Gasteiger charge is 1.98. The summed E-state index contributed by atoms with van der Waals surface area (Å²) in [4.78, 5) is 29.2. The molecule has 0 aromatic heterocycles. The van der Waals surface area contributed by atoms with Crippen LogP contribution in [0, 0.1) is 18.6 Å². The van der Waals surface area contributed by atoms with Gasteiger partial charge >= 0.3 is 18.5 Å². The lowest BCUT2D eigenvalue weighted by molar-refractivity contribution is 0.0472. The quantitative estimate of drug-likeness (QED) is 0.363. The summed E-state index contributed by atoms with van der Waals surface area (Å²) in [5.41, 5.74) is 1.09. The van der Waals surface area contributed by atoms with Crippen LogP contribution in [0.4, 0.5) is 23.2 Å². The number of carboxylic acid groups (broad SMARTS) is 2. The van der Waals surface area contributed by atoms with Gasteiger partial charge < -0.3 is 29.2 Å². The fourth-order valence-corrected chi connectivity index (χ4v) is 1.38. The number of benzene rings is 2. The Morgan fingerprint density at radius 3 is 1.47 bits per heavy atom. The van der Waals surface area contributed by atoms with Crippen LogP contribution in [-0.2, 0) is 18.9 Å². The van der Waals surface area contributed by atoms with Gasteiger partial charge in [0.15, 0.2) is 0 Å². The van der Waals surface area contributed by atoms with Gasteiger partial charge in [0.25, 0.3) is 0 Å². The van der Waals surface area contributed by atoms with Gasteiger partial charge in [-0.2, -0.15) is 0 Å². The van der Waals surface area contributed by atoms with Crippen LogP contribution >= 0.6 is 0 Å². The number of rotatable bonds is 4. The maximum atomic E-state index is 12.1. The molecule has 0 spiro atoms. The van der Waals surface area contributed by atoms with E-state index in [2.05, 4.69) is 18.9 Å². The molecule has 0 unspecified atom stereocenters. The summed E-state index contributed by atoms with van der Waals surface area (Å²) >= 11 is 0. The monoisotopic (exact) mass is 460 g/mol. The van der Waals surface area contributed by atoms with E-state index in [0.717, 1.165) is 5.56 Å². The van der Waals surface area contributed by atoms with Gasteiger partial charge in [-0.05, 0) is 38.1 Å². The molecule has 0 bridgehead atoms. The summed E-state index contributed by atoms with van der Waals surface area (Å²) in [5, 5.41) is 15.7. The molecule has 11 heteroatoms. The zero-order valence-electron chi connectivity index (χ0n) is 17.8. The smallest absolute Gasteiger partial charge is 0.450 e. The van der Waals surface area contributed by atoms with Crippen LogP contribution in [-0.4, -0.2) is 55.6 Å². The molecule has 0 saturated carbocycles. The Morgan fingerprint density at radius 2 is 1.22 bits per heavy atom. The molecule has 0 aliphatic rings. The highest BCUT2D eigenvalue weighted by atomic mass is 19.1. The first kappa shape index (κ1) is 30.3. The normalized spacial score (nSPS) is 8.53. The number of halogens is 2. The summed E-state index contributed by atoms with van der Waals surface area (Å²) in [5.74, 6) is -0.349. The second-order valence-corrected chi connectivity index (χ2v) is 5.21. The van der Waals surface area contributed by atoms with E-state index in [4.69, 9.17) is 10.2 Å². The SMILES string of the molecule is CCOC(=O)OC.Cc1ccc(F)cc1.Fc1ccccc1.O=C(O)OCCOC(=O)O. The summed E-state index contributed by atoms with van der Waals surface area (Å²) in [6.07, 6.45) is -3.52. The molecule has 0 aliphatic carbocycles. The van der Waals surface area contributed by atoms with Crippen molar-refractivity contribution in [2.45, 2.75) is 13.8 Å². The largest absolute Gasteiger partial charge is 0.507 e. The lowest BCUT2D eigenvalue weighted by Gasteiger charge is -1.98. The van der Waals surface area contributed by atoms with Crippen molar-refractivity contribution in [1.82, 2.24) is 0 Å². The maximum Gasteiger partial charge on any atom is 0.507 e. The van der Waals surface area contributed by atoms with E-state index in [1.165, 1.54) is 31.4 Å². The number of hydrogen-bond acceptors (Lipinski definition) is 7. The van der Waals surface area contributed by atoms with Crippen molar-refractivity contribution in [2.24, 2.45) is 0 Å². The highest BCUT2D eigenvalue weighted by Crippen LogP contribution is 1.99. The minimum atomic E-state index is -1.45. The van der Waals surface area contributed by atoms with Gasteiger partial charge in [-0.15, -0.1) is 0 Å². The van der Waals surface area contributed by atoms with Crippen LogP contribution in [0.25, 0.3) is 0 Å². The Morgan fingerprint density at radius 1 is 0.781 bits per heavy atom. The average molecular weight is 460 g/mol. The third-order valence-electron chi connectivity index (χ3n) is 2.71. The molecule has 0 radical (unpaired) electrons. The van der Waals surface area contributed by atoms with Crippen molar-refractivity contribution in [1.29, 1.82) is 0 Å². The minimum absolute atomic E-state index is 0.171. The first-order valence-electron chi connectivity index (χ1n) is 8.97. The molecule has 0 heterocycles. The second kappa shape index (κ2) is 20.4. The van der Waals surface area contributed by atoms with Crippen LogP contribution in [0.2, 0.25) is 0 Å². The predicted molar refractivity (Wildman–Crippen MR) is 110 cm³/mol. The van der Waals surface area contributed by atoms with Gasteiger partial charge in [0.05, 0.1) is 13.7 Å². The maximum absolute atomic E-state index is 12.1. The Balaban J connectivity index is 0. The van der Waals surface area contributed by atoms with E-state index in [1.807, 2.05) is 6.92 Å². The van der Waals surface area contributed by atoms with Crippen molar-refractivity contribution >= 4 is 18.5 Å². The molecule has 9 nitrogen and oxygen atoms in total. The van der Waals surface area contributed by atoms with Gasteiger partial charge in [-0.25, -0.2) is 23.2 Å². The topological polar surface area (TPSA) is 129 Å². The molecule has 0 aliphatic heterocycles. The van der Waals surface area contributed by atoms with E-state index in [-0.39, 0.29) is 24.8 Å². The van der Waals surface area contributed by atoms with Crippen LogP contribution in [0.3, 0.4) is 0 Å². The Kier molecular flexibility index (Phi) is 19.3. The number of hydrogen-bond donors (Lipinski definition) is 2. The molecule has 2 N–H and O–H groups in total. The molecule has 32 heavy (non-hydrogen) atoms. The summed E-state index contributed by atoms with van der Waals surface area (Å²) in [6, 6.07) is 14.3. The third kappa shape index (κ3) is 24.1. The van der Waals surface area contributed by atoms with Crippen LogP contribution in [0.5, 0.6) is 0 Å². The van der Waals surface area contributed by atoms with E-state index in [0.29, 0.717) is 6.61 Å². The molecular formula is C21H26F2O9. The first-order valence-corrected chi connectivity index (χ1v) is 8.97. The van der Waals surface area contributed by atoms with Gasteiger partial charge in [0.2, 0.25) is 0 Å². The van der Waals surface area contributed by atoms with Crippen molar-refractivity contribution in [3.05, 3.63) is 71.8 Å². The average Bonchev–Trinajstić information content (AvgIpc) is 2.75. The van der Waals surface area contributed by atoms with Crippen LogP contribution in [0.1, 0.15) is 12.5 Å². The number of carbonyl (C=O) groups excluding carboxylic acids is 1. The lowest BCUT2D eigenvalue weighted by Crippen LogP contribution is -2.10. The number of methoxy groups -OCH3 is 1. The van der Waals surface area contributed by atoms with Gasteiger partial charge in [-0.1, -0.05) is 35.9 Å². The van der Waals surface area contributed by atoms with E-state index in [9.17, 15) is 23.2 Å². The number of ether oxygens (including phenoxy) is 4. The zero-order chi connectivity index (χ0) is 24.8. The van der Waals surface area contributed by atoms with Crippen molar-refractivity contribution in [3.63, 3.8) is 0 Å². The molecule has 0 atom stereocenters. The fourth-order valence-electron chi connectivity index (χ4n) is 1.38. The zero-order valence-corrected chi connectivity index (χ0v) is 17.8. The van der Waals surface area contributed by atoms with Crippen molar-refractivity contribution < 1.29 is 52.3 Å². The van der Waals surface area contributed by atoms with E-state index >= 15 is 0 Å². The minimum Gasteiger partial charge on any atom is -0.450 e. The summed E-state index contributed by atoms with van der Waals surface area (Å²) in [6.45, 7) is 3.46. The molecule has 2 aromatic rings. The highest BCUT2D eigenvalue weighted by molar-refractivity contribution is 5.59. The molecule has 178 valence electrons. The summed E-state index contributed by atoms with van der Waals surface area (Å²) in [7, 11) is 1.28. The van der Waals surface area contributed by atoms with E-state index < -0.39 is 18.5 Å². The molecule has 0 amide bonds. The number of aryl methyl sites for hydroxylation is 1. The van der Waals surface area contributed by atoms with Gasteiger partial charge in [0.1, 0.15) is 24.8 Å². The van der Waals surface area contributed by atoms with Gasteiger partial charge in [-0.3, -0.25) is 0 Å². The molecule has 2 aromatic carbocycles. The third-order valence-corrected chi connectivity index (χ3v) is 2.71. The second-order valence-electron chi connectivity index (χ2n) is 5.21. The van der Waals surface area contributed by atoms with E-state index in [1.54, 1.807) is 37.3 Å². The predicted octanol–water partition coefficient (Wildman–Crippen LogP) is 5.12.